The number of thiophene rings is 1. The van der Waals surface area contributed by atoms with Crippen LogP contribution < -0.4 is 5.32 Å². The van der Waals surface area contributed by atoms with Crippen molar-refractivity contribution in [2.24, 2.45) is 0 Å². The second-order valence-corrected chi connectivity index (χ2v) is 7.95. The van der Waals surface area contributed by atoms with E-state index < -0.39 is 0 Å². The lowest BCUT2D eigenvalue weighted by Gasteiger charge is -2.34. The maximum absolute atomic E-state index is 3.67. The fourth-order valence-corrected chi connectivity index (χ4v) is 4.34. The second-order valence-electron chi connectivity index (χ2n) is 5.46. The predicted molar refractivity (Wildman–Crippen MR) is 87.9 cm³/mol. The van der Waals surface area contributed by atoms with Gasteiger partial charge in [-0.1, -0.05) is 13.3 Å². The quantitative estimate of drug-likeness (QED) is 0.821. The molecule has 1 fully saturated rings. The Bertz CT molecular complexity index is 374. The Morgan fingerprint density at radius 2 is 2.32 bits per heavy atom. The van der Waals surface area contributed by atoms with Crippen LogP contribution in [0.2, 0.25) is 0 Å². The smallest absolute Gasteiger partial charge is 0.0701 e. The molecule has 1 aliphatic rings. The summed E-state index contributed by atoms with van der Waals surface area (Å²) < 4.78 is 1.24. The van der Waals surface area contributed by atoms with Crippen molar-refractivity contribution >= 4 is 27.3 Å². The molecule has 0 spiro atoms. The molecule has 0 aromatic carbocycles. The molecule has 2 unspecified atom stereocenters. The van der Waals surface area contributed by atoms with E-state index in [4.69, 9.17) is 0 Å². The van der Waals surface area contributed by atoms with Crippen molar-refractivity contribution in [2.45, 2.75) is 51.6 Å². The highest BCUT2D eigenvalue weighted by Gasteiger charge is 2.21. The molecule has 1 N–H and O–H groups in total. The monoisotopic (exact) mass is 344 g/mol. The van der Waals surface area contributed by atoms with Crippen molar-refractivity contribution in [3.05, 3.63) is 20.8 Å². The van der Waals surface area contributed by atoms with Gasteiger partial charge in [-0.3, -0.25) is 4.90 Å². The molecule has 0 radical (unpaired) electrons. The normalized spacial score (nSPS) is 21.8. The Morgan fingerprint density at radius 1 is 1.47 bits per heavy atom. The largest absolute Gasteiger partial charge is 0.313 e. The van der Waals surface area contributed by atoms with Crippen LogP contribution in [0, 0.1) is 0 Å². The van der Waals surface area contributed by atoms with Crippen LogP contribution in [0.3, 0.4) is 0 Å². The molecule has 1 aromatic rings. The van der Waals surface area contributed by atoms with Crippen molar-refractivity contribution in [3.8, 4) is 0 Å². The zero-order chi connectivity index (χ0) is 13.7. The molecule has 2 rings (SSSR count). The van der Waals surface area contributed by atoms with Gasteiger partial charge in [-0.05, 0) is 67.3 Å². The molecule has 2 atom stereocenters. The Hall–Kier alpha value is 0.1000. The molecule has 2 nitrogen and oxygen atoms in total. The molecule has 0 saturated carbocycles. The van der Waals surface area contributed by atoms with E-state index in [1.165, 1.54) is 54.0 Å². The van der Waals surface area contributed by atoms with Crippen LogP contribution in [0.5, 0.6) is 0 Å². The minimum Gasteiger partial charge on any atom is -0.313 e. The van der Waals surface area contributed by atoms with Gasteiger partial charge >= 0.3 is 0 Å². The summed E-state index contributed by atoms with van der Waals surface area (Å²) in [5.41, 5.74) is 0. The lowest BCUT2D eigenvalue weighted by molar-refractivity contribution is 0.178. The Kier molecular flexibility index (Phi) is 6.33. The molecule has 19 heavy (non-hydrogen) atoms. The third kappa shape index (κ3) is 4.55. The highest BCUT2D eigenvalue weighted by Crippen LogP contribution is 2.31. The minimum atomic E-state index is 0.528. The number of nitrogens with zero attached hydrogens (tertiary/aromatic N) is 1. The molecule has 4 heteroatoms. The Labute approximate surface area is 129 Å². The number of hydrogen-bond acceptors (Lipinski definition) is 3. The molecular weight excluding hydrogens is 320 g/mol. The number of nitrogens with one attached hydrogen (secondary N) is 1. The van der Waals surface area contributed by atoms with Gasteiger partial charge in [-0.25, -0.2) is 0 Å². The Balaban J connectivity index is 1.97. The summed E-state index contributed by atoms with van der Waals surface area (Å²) in [6.45, 7) is 8.19. The van der Waals surface area contributed by atoms with Gasteiger partial charge in [0, 0.05) is 23.5 Å². The van der Waals surface area contributed by atoms with Gasteiger partial charge in [-0.2, -0.15) is 0 Å². The van der Waals surface area contributed by atoms with E-state index in [1.807, 2.05) is 11.3 Å². The zero-order valence-corrected chi connectivity index (χ0v) is 14.4. The van der Waals surface area contributed by atoms with Crippen molar-refractivity contribution < 1.29 is 0 Å². The third-order valence-corrected chi connectivity index (χ3v) is 5.73. The summed E-state index contributed by atoms with van der Waals surface area (Å²) in [4.78, 5) is 4.11. The van der Waals surface area contributed by atoms with E-state index in [0.717, 1.165) is 0 Å². The predicted octanol–water partition coefficient (Wildman–Crippen LogP) is 4.43. The topological polar surface area (TPSA) is 15.3 Å². The van der Waals surface area contributed by atoms with Crippen LogP contribution in [0.25, 0.3) is 0 Å². The highest BCUT2D eigenvalue weighted by atomic mass is 79.9. The highest BCUT2D eigenvalue weighted by molar-refractivity contribution is 9.11. The van der Waals surface area contributed by atoms with E-state index in [2.05, 4.69) is 52.1 Å². The second kappa shape index (κ2) is 7.77. The first-order chi connectivity index (χ1) is 9.20. The zero-order valence-electron chi connectivity index (χ0n) is 12.0. The molecule has 1 aliphatic heterocycles. The summed E-state index contributed by atoms with van der Waals surface area (Å²) >= 11 is 5.44. The number of rotatable bonds is 6. The van der Waals surface area contributed by atoms with Gasteiger partial charge in [0.1, 0.15) is 0 Å². The fraction of sp³-hybridized carbons (Fsp3) is 0.733. The Morgan fingerprint density at radius 3 is 2.89 bits per heavy atom. The average molecular weight is 345 g/mol. The van der Waals surface area contributed by atoms with Crippen LogP contribution in [-0.2, 0) is 0 Å². The van der Waals surface area contributed by atoms with Crippen molar-refractivity contribution in [3.63, 3.8) is 0 Å². The van der Waals surface area contributed by atoms with Crippen LogP contribution in [0.4, 0.5) is 0 Å². The van der Waals surface area contributed by atoms with Crippen molar-refractivity contribution in [1.82, 2.24) is 10.2 Å². The van der Waals surface area contributed by atoms with Crippen LogP contribution in [0.1, 0.15) is 50.4 Å². The van der Waals surface area contributed by atoms with Gasteiger partial charge in [0.15, 0.2) is 0 Å². The van der Waals surface area contributed by atoms with Gasteiger partial charge in [0.05, 0.1) is 3.79 Å². The first-order valence-corrected chi connectivity index (χ1v) is 9.04. The van der Waals surface area contributed by atoms with Crippen LogP contribution >= 0.6 is 27.3 Å². The van der Waals surface area contributed by atoms with E-state index in [1.54, 1.807) is 0 Å². The van der Waals surface area contributed by atoms with Crippen LogP contribution in [0.15, 0.2) is 15.9 Å². The SMILES string of the molecule is CCCN(CC1CCCCN1)C(C)c1ccc(Br)s1. The third-order valence-electron chi connectivity index (χ3n) is 3.93. The van der Waals surface area contributed by atoms with E-state index in [9.17, 15) is 0 Å². The number of hydrogen-bond donors (Lipinski definition) is 1. The first kappa shape index (κ1) is 15.5. The summed E-state index contributed by atoms with van der Waals surface area (Å²) in [6.07, 6.45) is 5.29. The summed E-state index contributed by atoms with van der Waals surface area (Å²) in [5, 5.41) is 3.67. The summed E-state index contributed by atoms with van der Waals surface area (Å²) in [7, 11) is 0. The van der Waals surface area contributed by atoms with E-state index in [-0.39, 0.29) is 0 Å². The van der Waals surface area contributed by atoms with Gasteiger partial charge < -0.3 is 5.32 Å². The van der Waals surface area contributed by atoms with Gasteiger partial charge in [0.2, 0.25) is 0 Å². The maximum Gasteiger partial charge on any atom is 0.0701 e. The minimum absolute atomic E-state index is 0.528. The molecule has 0 aliphatic carbocycles. The lowest BCUT2D eigenvalue weighted by Crippen LogP contribution is -2.44. The number of halogens is 1. The van der Waals surface area contributed by atoms with Crippen molar-refractivity contribution in [2.75, 3.05) is 19.6 Å². The summed E-state index contributed by atoms with van der Waals surface area (Å²) in [6, 6.07) is 5.64. The molecule has 2 heterocycles. The lowest BCUT2D eigenvalue weighted by atomic mass is 10.0. The van der Waals surface area contributed by atoms with Gasteiger partial charge in [-0.15, -0.1) is 11.3 Å². The molecule has 1 saturated heterocycles. The maximum atomic E-state index is 3.67. The average Bonchev–Trinajstić information content (AvgIpc) is 2.85. The molecule has 0 amide bonds. The van der Waals surface area contributed by atoms with E-state index in [0.29, 0.717) is 12.1 Å². The van der Waals surface area contributed by atoms with Gasteiger partial charge in [0.25, 0.3) is 0 Å². The fourth-order valence-electron chi connectivity index (χ4n) is 2.83. The van der Waals surface area contributed by atoms with Crippen molar-refractivity contribution in [1.29, 1.82) is 0 Å². The van der Waals surface area contributed by atoms with Crippen LogP contribution in [-0.4, -0.2) is 30.6 Å². The number of piperidine rings is 1. The molecule has 1 aromatic heterocycles. The molecule has 108 valence electrons. The molecular formula is C15H25BrN2S. The summed E-state index contributed by atoms with van der Waals surface area (Å²) in [5.74, 6) is 0. The standard InChI is InChI=1S/C15H25BrN2S/c1-3-10-18(11-13-6-4-5-9-17-13)12(2)14-7-8-15(16)19-14/h7-8,12-13,17H,3-6,9-11H2,1-2H3. The molecule has 0 bridgehead atoms. The first-order valence-electron chi connectivity index (χ1n) is 7.43. The van der Waals surface area contributed by atoms with E-state index >= 15 is 0 Å².